The van der Waals surface area contributed by atoms with Gasteiger partial charge in [0.1, 0.15) is 5.75 Å². The Hall–Kier alpha value is -1.02. The van der Waals surface area contributed by atoms with Crippen molar-refractivity contribution in [3.63, 3.8) is 0 Å². The van der Waals surface area contributed by atoms with Crippen LogP contribution >= 0.6 is 0 Å². The minimum atomic E-state index is 0.720. The van der Waals surface area contributed by atoms with Crippen molar-refractivity contribution in [1.29, 1.82) is 0 Å². The quantitative estimate of drug-likeness (QED) is 0.698. The van der Waals surface area contributed by atoms with Gasteiger partial charge < -0.3 is 10.1 Å². The van der Waals surface area contributed by atoms with Gasteiger partial charge in [0.15, 0.2) is 0 Å². The van der Waals surface area contributed by atoms with Gasteiger partial charge in [0.05, 0.1) is 6.61 Å². The van der Waals surface area contributed by atoms with Gasteiger partial charge in [-0.2, -0.15) is 0 Å². The van der Waals surface area contributed by atoms with Crippen LogP contribution in [-0.2, 0) is 6.42 Å². The molecule has 1 aromatic rings. The van der Waals surface area contributed by atoms with E-state index in [1.807, 2.05) is 0 Å². The Kier molecular flexibility index (Phi) is 6.71. The Bertz CT molecular complexity index is 292. The molecule has 0 aliphatic heterocycles. The number of aryl methyl sites for hydroxylation is 1. The third kappa shape index (κ3) is 6.32. The van der Waals surface area contributed by atoms with Gasteiger partial charge >= 0.3 is 0 Å². The minimum Gasteiger partial charge on any atom is -0.494 e. The topological polar surface area (TPSA) is 21.3 Å². The van der Waals surface area contributed by atoms with Crippen LogP contribution in [0.1, 0.15) is 32.8 Å². The van der Waals surface area contributed by atoms with Crippen LogP contribution in [0.25, 0.3) is 0 Å². The number of benzene rings is 1. The Morgan fingerprint density at radius 3 is 2.47 bits per heavy atom. The summed E-state index contributed by atoms with van der Waals surface area (Å²) in [5, 5.41) is 3.41. The molecule has 0 unspecified atom stereocenters. The highest BCUT2D eigenvalue weighted by molar-refractivity contribution is 5.27. The van der Waals surface area contributed by atoms with Crippen LogP contribution in [0.5, 0.6) is 5.75 Å². The fraction of sp³-hybridized carbons (Fsp3) is 0.600. The highest BCUT2D eigenvalue weighted by Gasteiger charge is 1.95. The Labute approximate surface area is 105 Å². The molecular formula is C15H25NO. The molecular weight excluding hydrogens is 210 g/mol. The summed E-state index contributed by atoms with van der Waals surface area (Å²) < 4.78 is 5.67. The second-order valence-corrected chi connectivity index (χ2v) is 4.80. The molecule has 0 heterocycles. The van der Waals surface area contributed by atoms with Crippen LogP contribution in [0.15, 0.2) is 24.3 Å². The molecule has 0 radical (unpaired) electrons. The van der Waals surface area contributed by atoms with Crippen molar-refractivity contribution in [2.75, 3.05) is 19.7 Å². The lowest BCUT2D eigenvalue weighted by Crippen LogP contribution is -2.22. The van der Waals surface area contributed by atoms with Crippen LogP contribution < -0.4 is 10.1 Å². The molecule has 0 spiro atoms. The van der Waals surface area contributed by atoms with E-state index >= 15 is 0 Å². The molecule has 17 heavy (non-hydrogen) atoms. The molecule has 0 saturated heterocycles. The van der Waals surface area contributed by atoms with Crippen molar-refractivity contribution < 1.29 is 4.74 Å². The van der Waals surface area contributed by atoms with Crippen molar-refractivity contribution in [2.24, 2.45) is 5.92 Å². The van der Waals surface area contributed by atoms with Crippen LogP contribution in [0.3, 0.4) is 0 Å². The molecule has 0 aliphatic rings. The van der Waals surface area contributed by atoms with Gasteiger partial charge in [-0.05, 0) is 49.5 Å². The fourth-order valence-electron chi connectivity index (χ4n) is 1.60. The number of rotatable bonds is 8. The summed E-state index contributed by atoms with van der Waals surface area (Å²) in [5.74, 6) is 1.70. The summed E-state index contributed by atoms with van der Waals surface area (Å²) in [5.41, 5.74) is 1.36. The number of nitrogens with one attached hydrogen (secondary N) is 1. The predicted molar refractivity (Wildman–Crippen MR) is 73.6 cm³/mol. The Morgan fingerprint density at radius 1 is 1.18 bits per heavy atom. The Morgan fingerprint density at radius 2 is 1.88 bits per heavy atom. The predicted octanol–water partition coefficient (Wildman–Crippen LogP) is 3.26. The van der Waals surface area contributed by atoms with Gasteiger partial charge in [-0.25, -0.2) is 0 Å². The third-order valence-electron chi connectivity index (χ3n) is 2.65. The van der Waals surface area contributed by atoms with Gasteiger partial charge in [0.25, 0.3) is 0 Å². The van der Waals surface area contributed by atoms with Gasteiger partial charge in [0.2, 0.25) is 0 Å². The molecule has 0 fully saturated rings. The molecule has 0 aliphatic carbocycles. The van der Waals surface area contributed by atoms with Crippen LogP contribution in [0.4, 0.5) is 0 Å². The van der Waals surface area contributed by atoms with Gasteiger partial charge in [-0.3, -0.25) is 0 Å². The molecule has 96 valence electrons. The summed E-state index contributed by atoms with van der Waals surface area (Å²) in [6, 6.07) is 8.37. The van der Waals surface area contributed by atoms with Crippen molar-refractivity contribution in [2.45, 2.75) is 33.6 Å². The van der Waals surface area contributed by atoms with E-state index in [9.17, 15) is 0 Å². The van der Waals surface area contributed by atoms with Crippen molar-refractivity contribution in [3.8, 4) is 5.75 Å². The van der Waals surface area contributed by atoms with Crippen molar-refractivity contribution >= 4 is 0 Å². The summed E-state index contributed by atoms with van der Waals surface area (Å²) >= 11 is 0. The van der Waals surface area contributed by atoms with Crippen LogP contribution in [0.2, 0.25) is 0 Å². The summed E-state index contributed by atoms with van der Waals surface area (Å²) in [4.78, 5) is 0. The van der Waals surface area contributed by atoms with Gasteiger partial charge in [-0.15, -0.1) is 0 Å². The lowest BCUT2D eigenvalue weighted by molar-refractivity contribution is 0.307. The van der Waals surface area contributed by atoms with E-state index in [1.165, 1.54) is 5.56 Å². The van der Waals surface area contributed by atoms with E-state index in [2.05, 4.69) is 50.4 Å². The normalized spacial score (nSPS) is 10.8. The average molecular weight is 235 g/mol. The molecule has 2 heteroatoms. The van der Waals surface area contributed by atoms with E-state index in [0.717, 1.165) is 44.2 Å². The second-order valence-electron chi connectivity index (χ2n) is 4.80. The van der Waals surface area contributed by atoms with Crippen molar-refractivity contribution in [3.05, 3.63) is 29.8 Å². The highest BCUT2D eigenvalue weighted by Crippen LogP contribution is 2.12. The second kappa shape index (κ2) is 8.13. The summed E-state index contributed by atoms with van der Waals surface area (Å²) in [6.45, 7) is 9.51. The zero-order valence-corrected chi connectivity index (χ0v) is 11.3. The zero-order valence-electron chi connectivity index (χ0n) is 11.3. The molecule has 0 bridgehead atoms. The molecule has 0 saturated carbocycles. The van der Waals surface area contributed by atoms with Gasteiger partial charge in [-0.1, -0.05) is 32.9 Å². The van der Waals surface area contributed by atoms with E-state index in [-0.39, 0.29) is 0 Å². The van der Waals surface area contributed by atoms with Gasteiger partial charge in [0, 0.05) is 0 Å². The minimum absolute atomic E-state index is 0.720. The lowest BCUT2D eigenvalue weighted by Gasteiger charge is -2.09. The van der Waals surface area contributed by atoms with E-state index in [0.29, 0.717) is 0 Å². The van der Waals surface area contributed by atoms with E-state index < -0.39 is 0 Å². The maximum atomic E-state index is 5.67. The van der Waals surface area contributed by atoms with E-state index in [4.69, 9.17) is 4.74 Å². The fourth-order valence-corrected chi connectivity index (χ4v) is 1.60. The number of ether oxygens (including phenoxy) is 1. The van der Waals surface area contributed by atoms with E-state index in [1.54, 1.807) is 0 Å². The maximum Gasteiger partial charge on any atom is 0.119 e. The molecule has 0 aromatic heterocycles. The van der Waals surface area contributed by atoms with Crippen LogP contribution in [-0.4, -0.2) is 19.7 Å². The molecule has 1 rings (SSSR count). The molecule has 0 atom stereocenters. The third-order valence-corrected chi connectivity index (χ3v) is 2.65. The smallest absolute Gasteiger partial charge is 0.119 e. The maximum absolute atomic E-state index is 5.67. The average Bonchev–Trinajstić information content (AvgIpc) is 2.34. The first-order valence-electron chi connectivity index (χ1n) is 6.64. The zero-order chi connectivity index (χ0) is 12.5. The highest BCUT2D eigenvalue weighted by atomic mass is 16.5. The summed E-state index contributed by atoms with van der Waals surface area (Å²) in [7, 11) is 0. The van der Waals surface area contributed by atoms with Crippen molar-refractivity contribution in [1.82, 2.24) is 5.32 Å². The molecule has 1 aromatic carbocycles. The standard InChI is InChI=1S/C15H25NO/c1-4-14-6-8-15(9-7-14)17-11-5-10-16-12-13(2)3/h6-9,13,16H,4-5,10-12H2,1-3H3. The lowest BCUT2D eigenvalue weighted by atomic mass is 10.2. The SMILES string of the molecule is CCc1ccc(OCCCNCC(C)C)cc1. The largest absolute Gasteiger partial charge is 0.494 e. The first kappa shape index (κ1) is 14.0. The Balaban J connectivity index is 2.09. The summed E-state index contributed by atoms with van der Waals surface area (Å²) in [6.07, 6.45) is 2.14. The van der Waals surface area contributed by atoms with Crippen LogP contribution in [0, 0.1) is 5.92 Å². The first-order chi connectivity index (χ1) is 8.22. The number of hydrogen-bond donors (Lipinski definition) is 1. The molecule has 1 N–H and O–H groups in total. The molecule has 2 nitrogen and oxygen atoms in total. The number of hydrogen-bond acceptors (Lipinski definition) is 2. The molecule has 0 amide bonds. The monoisotopic (exact) mass is 235 g/mol. The first-order valence-corrected chi connectivity index (χ1v) is 6.64.